The molecule has 0 aliphatic heterocycles. The van der Waals surface area contributed by atoms with Crippen LogP contribution in [-0.4, -0.2) is 16.1 Å². The molecule has 0 fully saturated rings. The first-order valence-corrected chi connectivity index (χ1v) is 7.64. The second kappa shape index (κ2) is 6.22. The summed E-state index contributed by atoms with van der Waals surface area (Å²) in [5.41, 5.74) is 0.169. The lowest BCUT2D eigenvalue weighted by Gasteiger charge is -2.04. The summed E-state index contributed by atoms with van der Waals surface area (Å²) in [6, 6.07) is 10.2. The highest BCUT2D eigenvalue weighted by atomic mass is 79.9. The fourth-order valence-electron chi connectivity index (χ4n) is 2.20. The van der Waals surface area contributed by atoms with Gasteiger partial charge in [0.1, 0.15) is 21.9 Å². The number of carbonyl (C=O) groups is 1. The predicted molar refractivity (Wildman–Crippen MR) is 87.0 cm³/mol. The van der Waals surface area contributed by atoms with Gasteiger partial charge in [-0.2, -0.15) is 5.10 Å². The molecule has 0 N–H and O–H groups in total. The Morgan fingerprint density at radius 3 is 2.39 bits per heavy atom. The average molecular weight is 398 g/mol. The number of aromatic nitrogens is 2. The highest BCUT2D eigenvalue weighted by Gasteiger charge is 2.23. The maximum Gasteiger partial charge on any atom is 0.155 e. The minimum absolute atomic E-state index is 0.0500. The molecule has 0 saturated heterocycles. The molecule has 1 aromatic heterocycles. The number of aldehydes is 1. The van der Waals surface area contributed by atoms with Crippen LogP contribution in [0.2, 0.25) is 5.02 Å². The van der Waals surface area contributed by atoms with Gasteiger partial charge in [-0.25, -0.2) is 13.5 Å². The molecule has 0 aliphatic rings. The number of hydrogen-bond acceptors (Lipinski definition) is 2. The van der Waals surface area contributed by atoms with E-state index in [1.165, 1.54) is 10.7 Å². The summed E-state index contributed by atoms with van der Waals surface area (Å²) in [7, 11) is 0. The van der Waals surface area contributed by atoms with E-state index < -0.39 is 11.6 Å². The number of hydrogen-bond donors (Lipinski definition) is 0. The van der Waals surface area contributed by atoms with Crippen molar-refractivity contribution in [2.24, 2.45) is 0 Å². The van der Waals surface area contributed by atoms with Crippen molar-refractivity contribution in [3.8, 4) is 16.9 Å². The van der Waals surface area contributed by atoms with Gasteiger partial charge in [-0.15, -0.1) is 0 Å². The van der Waals surface area contributed by atoms with Gasteiger partial charge in [0.2, 0.25) is 0 Å². The average Bonchev–Trinajstić information content (AvgIpc) is 2.83. The summed E-state index contributed by atoms with van der Waals surface area (Å²) in [6.45, 7) is 0. The Kier molecular flexibility index (Phi) is 4.28. The summed E-state index contributed by atoms with van der Waals surface area (Å²) in [5.74, 6) is -1.59. The maximum atomic E-state index is 14.0. The topological polar surface area (TPSA) is 34.9 Å². The first-order chi connectivity index (χ1) is 11.0. The first-order valence-electron chi connectivity index (χ1n) is 6.47. The van der Waals surface area contributed by atoms with Crippen molar-refractivity contribution in [3.05, 3.63) is 69.3 Å². The molecule has 0 bridgehead atoms. The van der Waals surface area contributed by atoms with Crippen LogP contribution in [0.25, 0.3) is 16.9 Å². The summed E-state index contributed by atoms with van der Waals surface area (Å²) in [6.07, 6.45) is 0.499. The molecule has 1 heterocycles. The molecule has 0 amide bonds. The van der Waals surface area contributed by atoms with E-state index in [0.717, 1.165) is 12.1 Å². The number of nitrogens with zero attached hydrogens (tertiary/aromatic N) is 2. The molecular weight excluding hydrogens is 390 g/mol. The smallest absolute Gasteiger partial charge is 0.155 e. The van der Waals surface area contributed by atoms with Crippen molar-refractivity contribution in [2.45, 2.75) is 0 Å². The molecule has 0 aliphatic carbocycles. The molecule has 2 aromatic carbocycles. The maximum absolute atomic E-state index is 14.0. The third-order valence-corrected chi connectivity index (χ3v) is 4.23. The van der Waals surface area contributed by atoms with E-state index in [-0.39, 0.29) is 21.4 Å². The van der Waals surface area contributed by atoms with Gasteiger partial charge in [0, 0.05) is 5.02 Å². The first kappa shape index (κ1) is 15.8. The quantitative estimate of drug-likeness (QED) is 0.580. The van der Waals surface area contributed by atoms with Crippen molar-refractivity contribution in [1.82, 2.24) is 9.78 Å². The number of halogens is 4. The van der Waals surface area contributed by atoms with Gasteiger partial charge < -0.3 is 0 Å². The molecule has 7 heteroatoms. The second-order valence-corrected chi connectivity index (χ2v) is 5.85. The fourth-order valence-corrected chi connectivity index (χ4v) is 2.95. The Morgan fingerprint density at radius 1 is 1.13 bits per heavy atom. The number of benzene rings is 2. The van der Waals surface area contributed by atoms with E-state index in [9.17, 15) is 13.6 Å². The van der Waals surface area contributed by atoms with Gasteiger partial charge in [-0.1, -0.05) is 23.7 Å². The molecule has 116 valence electrons. The van der Waals surface area contributed by atoms with Crippen molar-refractivity contribution in [3.63, 3.8) is 0 Å². The van der Waals surface area contributed by atoms with Crippen molar-refractivity contribution in [2.75, 3.05) is 0 Å². The standard InChI is InChI=1S/C16H8BrClF2N2O/c17-16-11(8-23)15(14-12(19)5-2-6-13(14)20)21-22(16)10-4-1-3-9(18)7-10/h1-8H. The normalized spacial score (nSPS) is 10.8. The molecule has 0 atom stereocenters. The van der Waals surface area contributed by atoms with Crippen LogP contribution in [0.5, 0.6) is 0 Å². The molecule has 0 unspecified atom stereocenters. The van der Waals surface area contributed by atoms with Crippen LogP contribution < -0.4 is 0 Å². The SMILES string of the molecule is O=Cc1c(-c2c(F)cccc2F)nn(-c2cccc(Cl)c2)c1Br. The molecule has 23 heavy (non-hydrogen) atoms. The van der Waals surface area contributed by atoms with Crippen LogP contribution in [0.15, 0.2) is 47.1 Å². The largest absolute Gasteiger partial charge is 0.298 e. The summed E-state index contributed by atoms with van der Waals surface area (Å²) >= 11 is 9.20. The van der Waals surface area contributed by atoms with Gasteiger partial charge in [-0.3, -0.25) is 4.79 Å². The van der Waals surface area contributed by atoms with Gasteiger partial charge in [0.15, 0.2) is 6.29 Å². The number of carbonyl (C=O) groups excluding carboxylic acids is 1. The van der Waals surface area contributed by atoms with Crippen molar-refractivity contribution < 1.29 is 13.6 Å². The predicted octanol–water partition coefficient (Wildman–Crippen LogP) is 5.05. The Bertz CT molecular complexity index is 891. The molecular formula is C16H8BrClF2N2O. The molecule has 0 saturated carbocycles. The van der Waals surface area contributed by atoms with Crippen LogP contribution in [-0.2, 0) is 0 Å². The Labute approximate surface area is 143 Å². The number of rotatable bonds is 3. The van der Waals surface area contributed by atoms with Crippen LogP contribution in [0, 0.1) is 11.6 Å². The summed E-state index contributed by atoms with van der Waals surface area (Å²) in [4.78, 5) is 11.4. The fraction of sp³-hybridized carbons (Fsp3) is 0. The van der Waals surface area contributed by atoms with Crippen molar-refractivity contribution in [1.29, 1.82) is 0 Å². The van der Waals surface area contributed by atoms with Crippen LogP contribution in [0.3, 0.4) is 0 Å². The lowest BCUT2D eigenvalue weighted by atomic mass is 10.1. The monoisotopic (exact) mass is 396 g/mol. The lowest BCUT2D eigenvalue weighted by Crippen LogP contribution is -1.97. The van der Waals surface area contributed by atoms with Crippen LogP contribution >= 0.6 is 27.5 Å². The van der Waals surface area contributed by atoms with Gasteiger partial charge in [0.25, 0.3) is 0 Å². The molecule has 3 aromatic rings. The second-order valence-electron chi connectivity index (χ2n) is 4.66. The van der Waals surface area contributed by atoms with Gasteiger partial charge in [0.05, 0.1) is 16.8 Å². The lowest BCUT2D eigenvalue weighted by molar-refractivity contribution is 0.112. The van der Waals surface area contributed by atoms with E-state index in [4.69, 9.17) is 11.6 Å². The zero-order valence-electron chi connectivity index (χ0n) is 11.4. The van der Waals surface area contributed by atoms with Crippen LogP contribution in [0.1, 0.15) is 10.4 Å². The Morgan fingerprint density at radius 2 is 1.78 bits per heavy atom. The minimum atomic E-state index is -0.795. The third-order valence-electron chi connectivity index (χ3n) is 3.23. The van der Waals surface area contributed by atoms with E-state index in [1.807, 2.05) is 0 Å². The molecule has 0 spiro atoms. The highest BCUT2D eigenvalue weighted by molar-refractivity contribution is 9.10. The van der Waals surface area contributed by atoms with E-state index >= 15 is 0 Å². The molecule has 3 nitrogen and oxygen atoms in total. The summed E-state index contributed by atoms with van der Waals surface area (Å²) in [5, 5.41) is 4.65. The van der Waals surface area contributed by atoms with Crippen molar-refractivity contribution >= 4 is 33.8 Å². The van der Waals surface area contributed by atoms with Crippen LogP contribution in [0.4, 0.5) is 8.78 Å². The van der Waals surface area contributed by atoms with E-state index in [0.29, 0.717) is 17.0 Å². The Balaban J connectivity index is 2.28. The Hall–Kier alpha value is -2.05. The van der Waals surface area contributed by atoms with E-state index in [1.54, 1.807) is 24.3 Å². The van der Waals surface area contributed by atoms with Gasteiger partial charge >= 0.3 is 0 Å². The molecule has 3 rings (SSSR count). The summed E-state index contributed by atoms with van der Waals surface area (Å²) < 4.78 is 29.7. The van der Waals surface area contributed by atoms with E-state index in [2.05, 4.69) is 21.0 Å². The zero-order chi connectivity index (χ0) is 16.6. The third kappa shape index (κ3) is 2.80. The van der Waals surface area contributed by atoms with Gasteiger partial charge in [-0.05, 0) is 46.3 Å². The highest BCUT2D eigenvalue weighted by Crippen LogP contribution is 2.33. The minimum Gasteiger partial charge on any atom is -0.298 e. The molecule has 0 radical (unpaired) electrons. The zero-order valence-corrected chi connectivity index (χ0v) is 13.8.